The van der Waals surface area contributed by atoms with Gasteiger partial charge in [0.05, 0.1) is 35.6 Å². The summed E-state index contributed by atoms with van der Waals surface area (Å²) >= 11 is 0. The van der Waals surface area contributed by atoms with Crippen LogP contribution in [0, 0.1) is 5.41 Å². The number of tetrazole rings is 1. The van der Waals surface area contributed by atoms with E-state index in [1.807, 2.05) is 11.8 Å². The van der Waals surface area contributed by atoms with Gasteiger partial charge in [-0.15, -0.1) is 5.10 Å². The second-order valence-electron chi connectivity index (χ2n) is 9.32. The molecule has 3 aliphatic rings. The highest BCUT2D eigenvalue weighted by Gasteiger charge is 2.50. The van der Waals surface area contributed by atoms with E-state index in [2.05, 4.69) is 37.4 Å². The first-order valence-electron chi connectivity index (χ1n) is 11.4. The van der Waals surface area contributed by atoms with E-state index in [9.17, 15) is 9.59 Å². The number of hydrogen-bond donors (Lipinski definition) is 0. The molecule has 2 aromatic heterocycles. The first-order chi connectivity index (χ1) is 15.9. The van der Waals surface area contributed by atoms with Crippen molar-refractivity contribution in [3.63, 3.8) is 0 Å². The van der Waals surface area contributed by atoms with Crippen molar-refractivity contribution in [1.82, 2.24) is 40.0 Å². The number of hydrogen-bond acceptors (Lipinski definition) is 9. The fourth-order valence-corrected chi connectivity index (χ4v) is 5.29. The summed E-state index contributed by atoms with van der Waals surface area (Å²) in [5, 5.41) is 11.0. The summed E-state index contributed by atoms with van der Waals surface area (Å²) < 4.78 is 6.68. The lowest BCUT2D eigenvalue weighted by Crippen LogP contribution is -2.43. The number of amides is 1. The summed E-state index contributed by atoms with van der Waals surface area (Å²) in [7, 11) is 2.10. The number of likely N-dealkylation sites (tertiary alicyclic amines) is 1. The van der Waals surface area contributed by atoms with E-state index >= 15 is 0 Å². The summed E-state index contributed by atoms with van der Waals surface area (Å²) in [5.41, 5.74) is 2.45. The molecule has 0 atom stereocenters. The molecule has 1 saturated heterocycles. The van der Waals surface area contributed by atoms with Crippen LogP contribution in [0.15, 0.2) is 30.0 Å². The molecular weight excluding hydrogens is 424 g/mol. The highest BCUT2D eigenvalue weighted by Crippen LogP contribution is 2.47. The molecule has 2 aliphatic heterocycles. The first kappa shape index (κ1) is 21.6. The predicted octanol–water partition coefficient (Wildman–Crippen LogP) is 1.27. The average molecular weight is 453 g/mol. The van der Waals surface area contributed by atoms with Crippen LogP contribution < -0.4 is 0 Å². The van der Waals surface area contributed by atoms with Crippen LogP contribution in [-0.2, 0) is 20.9 Å². The molecule has 33 heavy (non-hydrogen) atoms. The molecule has 4 heterocycles. The van der Waals surface area contributed by atoms with Gasteiger partial charge in [-0.25, -0.2) is 4.98 Å². The van der Waals surface area contributed by atoms with Crippen LogP contribution in [-0.4, -0.2) is 78.1 Å². The molecule has 1 saturated carbocycles. The molecule has 11 nitrogen and oxygen atoms in total. The molecule has 5 rings (SSSR count). The van der Waals surface area contributed by atoms with Crippen LogP contribution >= 0.6 is 0 Å². The number of aromatic nitrogens is 6. The van der Waals surface area contributed by atoms with Crippen LogP contribution in [0.2, 0.25) is 0 Å². The topological polar surface area (TPSA) is 119 Å². The van der Waals surface area contributed by atoms with Gasteiger partial charge < -0.3 is 9.64 Å². The van der Waals surface area contributed by atoms with E-state index in [4.69, 9.17) is 4.74 Å². The fraction of sp³-hybridized carbons (Fsp3) is 0.591. The van der Waals surface area contributed by atoms with E-state index in [0.717, 1.165) is 49.1 Å². The second kappa shape index (κ2) is 8.62. The zero-order valence-corrected chi connectivity index (χ0v) is 19.0. The minimum absolute atomic E-state index is 0.208. The number of ether oxygens (including phenoxy) is 1. The molecular formula is C22H28N8O3. The smallest absolute Gasteiger partial charge is 0.310 e. The summed E-state index contributed by atoms with van der Waals surface area (Å²) in [6, 6.07) is 0.398. The molecule has 1 aliphatic carbocycles. The first-order valence-corrected chi connectivity index (χ1v) is 11.4. The number of carbonyl (C=O) groups is 2. The maximum absolute atomic E-state index is 13.4. The Morgan fingerprint density at radius 3 is 2.67 bits per heavy atom. The summed E-state index contributed by atoms with van der Waals surface area (Å²) in [5.74, 6) is 0.573. The van der Waals surface area contributed by atoms with Crippen molar-refractivity contribution in [2.75, 3.05) is 20.2 Å². The highest BCUT2D eigenvalue weighted by atomic mass is 16.5. The van der Waals surface area contributed by atoms with Crippen molar-refractivity contribution in [3.05, 3.63) is 35.7 Å². The third-order valence-corrected chi connectivity index (χ3v) is 7.33. The molecule has 1 amide bonds. The Morgan fingerprint density at radius 1 is 1.18 bits per heavy atom. The lowest BCUT2D eigenvalue weighted by molar-refractivity contribution is -0.145. The van der Waals surface area contributed by atoms with E-state index in [0.29, 0.717) is 24.9 Å². The van der Waals surface area contributed by atoms with Crippen LogP contribution in [0.3, 0.4) is 0 Å². The average Bonchev–Trinajstić information content (AvgIpc) is 3.45. The molecule has 0 N–H and O–H groups in total. The van der Waals surface area contributed by atoms with Gasteiger partial charge in [-0.1, -0.05) is 0 Å². The van der Waals surface area contributed by atoms with Crippen LogP contribution in [0.4, 0.5) is 0 Å². The van der Waals surface area contributed by atoms with Gasteiger partial charge in [-0.2, -0.15) is 4.68 Å². The Balaban J connectivity index is 1.18. The van der Waals surface area contributed by atoms with Crippen molar-refractivity contribution in [2.24, 2.45) is 5.41 Å². The molecule has 0 radical (unpaired) electrons. The number of cyclic esters (lactones) is 1. The van der Waals surface area contributed by atoms with Crippen molar-refractivity contribution in [3.8, 4) is 5.82 Å². The van der Waals surface area contributed by atoms with E-state index in [-0.39, 0.29) is 30.3 Å². The van der Waals surface area contributed by atoms with Crippen LogP contribution in [0.5, 0.6) is 0 Å². The van der Waals surface area contributed by atoms with Crippen molar-refractivity contribution < 1.29 is 14.3 Å². The molecule has 0 aromatic carbocycles. The van der Waals surface area contributed by atoms with Gasteiger partial charge in [0, 0.05) is 19.1 Å². The number of rotatable bonds is 5. The highest BCUT2D eigenvalue weighted by molar-refractivity contribution is 5.87. The lowest BCUT2D eigenvalue weighted by Gasteiger charge is -2.39. The van der Waals surface area contributed by atoms with E-state index in [1.165, 1.54) is 11.0 Å². The van der Waals surface area contributed by atoms with E-state index < -0.39 is 0 Å². The maximum atomic E-state index is 13.4. The largest absolute Gasteiger partial charge is 0.459 e. The monoisotopic (exact) mass is 452 g/mol. The SMILES string of the molecule is CC1=C(N2CCC3(CCC(N(C)Cc4cnc(-n5cnnn5)cn4)CC3)C2=O)COC(=O)C1. The maximum Gasteiger partial charge on any atom is 0.310 e. The second-order valence-corrected chi connectivity index (χ2v) is 9.32. The van der Waals surface area contributed by atoms with Gasteiger partial charge >= 0.3 is 5.97 Å². The van der Waals surface area contributed by atoms with Gasteiger partial charge in [-0.05, 0) is 62.1 Å². The van der Waals surface area contributed by atoms with Crippen LogP contribution in [0.1, 0.15) is 51.1 Å². The van der Waals surface area contributed by atoms with Crippen molar-refractivity contribution in [1.29, 1.82) is 0 Å². The third-order valence-electron chi connectivity index (χ3n) is 7.33. The predicted molar refractivity (Wildman–Crippen MR) is 116 cm³/mol. The summed E-state index contributed by atoms with van der Waals surface area (Å²) in [6.45, 7) is 3.55. The van der Waals surface area contributed by atoms with Gasteiger partial charge in [0.2, 0.25) is 5.91 Å². The zero-order valence-electron chi connectivity index (χ0n) is 19.0. The van der Waals surface area contributed by atoms with Crippen molar-refractivity contribution >= 4 is 11.9 Å². The van der Waals surface area contributed by atoms with E-state index in [1.54, 1.807) is 12.4 Å². The molecule has 11 heteroatoms. The minimum atomic E-state index is -0.278. The zero-order chi connectivity index (χ0) is 23.0. The molecule has 174 valence electrons. The van der Waals surface area contributed by atoms with Gasteiger partial charge in [0.25, 0.3) is 0 Å². The summed E-state index contributed by atoms with van der Waals surface area (Å²) in [6.07, 6.45) is 9.76. The standard InChI is InChI=1S/C22H28N8O3/c1-15-9-20(31)33-13-18(15)29-8-7-22(21(29)32)5-3-17(4-6-22)28(2)12-16-10-24-19(11-23-16)30-14-25-26-27-30/h10-11,14,17H,3-9,12-13H2,1-2H3. The number of esters is 1. The quantitative estimate of drug-likeness (QED) is 0.618. The van der Waals surface area contributed by atoms with Crippen molar-refractivity contribution in [2.45, 2.75) is 58.0 Å². The number of carbonyl (C=O) groups excluding carboxylic acids is 2. The normalized spacial score (nSPS) is 25.9. The third kappa shape index (κ3) is 4.12. The minimum Gasteiger partial charge on any atom is -0.459 e. The Bertz CT molecular complexity index is 1060. The fourth-order valence-electron chi connectivity index (χ4n) is 5.29. The Kier molecular flexibility index (Phi) is 5.65. The molecule has 0 unspecified atom stereocenters. The van der Waals surface area contributed by atoms with Gasteiger partial charge in [0.1, 0.15) is 12.9 Å². The summed E-state index contributed by atoms with van der Waals surface area (Å²) in [4.78, 5) is 38.0. The van der Waals surface area contributed by atoms with Gasteiger partial charge in [-0.3, -0.25) is 19.5 Å². The molecule has 2 fully saturated rings. The van der Waals surface area contributed by atoms with Crippen LogP contribution in [0.25, 0.3) is 5.82 Å². The van der Waals surface area contributed by atoms with Gasteiger partial charge in [0.15, 0.2) is 5.82 Å². The molecule has 2 aromatic rings. The Morgan fingerprint density at radius 2 is 2.00 bits per heavy atom. The lowest BCUT2D eigenvalue weighted by atomic mass is 9.71. The number of nitrogens with zero attached hydrogens (tertiary/aromatic N) is 8. The Labute approximate surface area is 191 Å². The Hall–Kier alpha value is -3.21. The molecule has 1 spiro atoms. The molecule has 0 bridgehead atoms.